The number of aliphatic hydroxyl groups is 2. The summed E-state index contributed by atoms with van der Waals surface area (Å²) in [4.78, 5) is 52.4. The van der Waals surface area contributed by atoms with Crippen molar-refractivity contribution in [2.75, 3.05) is 6.61 Å². The summed E-state index contributed by atoms with van der Waals surface area (Å²) in [6.45, 7) is -1.17. The predicted molar refractivity (Wildman–Crippen MR) is 131 cm³/mol. The highest BCUT2D eigenvalue weighted by Crippen LogP contribution is 2.57. The van der Waals surface area contributed by atoms with Crippen molar-refractivity contribution < 1.29 is 47.6 Å². The van der Waals surface area contributed by atoms with Crippen LogP contribution in [0.3, 0.4) is 0 Å². The molecular formula is C22H22N2O12P2. The minimum Gasteiger partial charge on any atom is -0.506 e. The van der Waals surface area contributed by atoms with Gasteiger partial charge in [-0.05, 0) is 22.8 Å². The number of hydrogen-bond donors (Lipinski definition) is 5. The lowest BCUT2D eigenvalue weighted by atomic mass is 10.0. The number of phosphoric acid groups is 2. The van der Waals surface area contributed by atoms with Crippen molar-refractivity contribution in [1.29, 1.82) is 0 Å². The number of phosphoric ester groups is 1. The second kappa shape index (κ2) is 10.8. The van der Waals surface area contributed by atoms with Crippen LogP contribution in [0.25, 0.3) is 11.1 Å². The van der Waals surface area contributed by atoms with Gasteiger partial charge < -0.3 is 29.6 Å². The molecular weight excluding hydrogens is 546 g/mol. The van der Waals surface area contributed by atoms with Gasteiger partial charge >= 0.3 is 21.3 Å². The molecule has 38 heavy (non-hydrogen) atoms. The van der Waals surface area contributed by atoms with Gasteiger partial charge in [0, 0.05) is 12.3 Å². The Morgan fingerprint density at radius 1 is 0.947 bits per heavy atom. The summed E-state index contributed by atoms with van der Waals surface area (Å²) in [6.07, 6.45) is -2.40. The Balaban J connectivity index is 1.55. The van der Waals surface area contributed by atoms with E-state index >= 15 is 0 Å². The van der Waals surface area contributed by atoms with Gasteiger partial charge in [0.2, 0.25) is 6.23 Å². The molecule has 0 amide bonds. The van der Waals surface area contributed by atoms with Crippen LogP contribution in [0.2, 0.25) is 0 Å². The zero-order chi connectivity index (χ0) is 27.7. The largest absolute Gasteiger partial charge is 0.506 e. The number of hydrogen-bond acceptors (Lipinski definition) is 9. The van der Waals surface area contributed by atoms with Crippen LogP contribution in [-0.4, -0.2) is 46.7 Å². The zero-order valence-corrected chi connectivity index (χ0v) is 21.1. The maximum absolute atomic E-state index is 13.2. The van der Waals surface area contributed by atoms with Gasteiger partial charge in [-0.1, -0.05) is 48.5 Å². The van der Waals surface area contributed by atoms with Gasteiger partial charge in [-0.25, -0.2) is 13.9 Å². The number of ether oxygens (including phenoxy) is 1. The molecule has 16 heteroatoms. The van der Waals surface area contributed by atoms with E-state index in [0.717, 1.165) is 32.5 Å². The fraction of sp³-hybridized carbons (Fsp3) is 0.182. The van der Waals surface area contributed by atoms with E-state index in [-0.39, 0.29) is 6.54 Å². The lowest BCUT2D eigenvalue weighted by Gasteiger charge is -2.19. The highest BCUT2D eigenvalue weighted by molar-refractivity contribution is 7.60. The zero-order valence-electron chi connectivity index (χ0n) is 19.3. The third kappa shape index (κ3) is 6.38. The van der Waals surface area contributed by atoms with E-state index in [9.17, 15) is 33.8 Å². The molecule has 2 heterocycles. The van der Waals surface area contributed by atoms with Crippen LogP contribution in [0.5, 0.6) is 0 Å². The number of rotatable bonds is 9. The molecule has 0 saturated carbocycles. The Labute approximate surface area is 214 Å². The minimum atomic E-state index is -5.39. The fourth-order valence-electron chi connectivity index (χ4n) is 3.72. The Morgan fingerprint density at radius 3 is 2.32 bits per heavy atom. The van der Waals surface area contributed by atoms with Gasteiger partial charge in [-0.15, -0.1) is 0 Å². The molecule has 2 aromatic carbocycles. The maximum Gasteiger partial charge on any atom is 0.481 e. The minimum absolute atomic E-state index is 0.120. The highest BCUT2D eigenvalue weighted by Gasteiger charge is 2.40. The summed E-state index contributed by atoms with van der Waals surface area (Å²) in [7, 11) is -10.7. The van der Waals surface area contributed by atoms with Crippen molar-refractivity contribution in [3.05, 3.63) is 105 Å². The number of benzene rings is 2. The van der Waals surface area contributed by atoms with E-state index in [1.807, 2.05) is 42.5 Å². The van der Waals surface area contributed by atoms with Gasteiger partial charge in [0.15, 0.2) is 17.6 Å². The molecule has 202 valence electrons. The third-order valence-corrected chi connectivity index (χ3v) is 7.54. The van der Waals surface area contributed by atoms with Gasteiger partial charge in [-0.3, -0.25) is 18.5 Å². The Hall–Kier alpha value is -3.32. The molecule has 1 aliphatic heterocycles. The van der Waals surface area contributed by atoms with Crippen LogP contribution in [0.4, 0.5) is 0 Å². The second-order valence-electron chi connectivity index (χ2n) is 8.07. The number of aliphatic hydroxyl groups excluding tert-OH is 2. The highest BCUT2D eigenvalue weighted by atomic mass is 31.3. The quantitative estimate of drug-likeness (QED) is 0.233. The van der Waals surface area contributed by atoms with Crippen LogP contribution in [0, 0.1) is 0 Å². The summed E-state index contributed by atoms with van der Waals surface area (Å²) in [5.74, 6) is -1.47. The Kier molecular flexibility index (Phi) is 7.88. The first-order valence-electron chi connectivity index (χ1n) is 10.8. The SMILES string of the molecule is O=c1ccn([C@@H]2OC(COP(=O)(O)OP(=O)(O)O)=C(O)C2O)c(=O)n1Cc1cccc(-c2ccccc2)c1. The first-order valence-corrected chi connectivity index (χ1v) is 13.8. The average molecular weight is 568 g/mol. The normalized spacial score (nSPS) is 19.3. The fourth-order valence-corrected chi connectivity index (χ4v) is 5.26. The Morgan fingerprint density at radius 2 is 1.63 bits per heavy atom. The topological polar surface area (TPSA) is 207 Å². The first-order chi connectivity index (χ1) is 17.8. The van der Waals surface area contributed by atoms with Crippen LogP contribution < -0.4 is 11.2 Å². The van der Waals surface area contributed by atoms with Crippen LogP contribution in [0.15, 0.2) is 88.0 Å². The van der Waals surface area contributed by atoms with Crippen molar-refractivity contribution >= 4 is 15.6 Å². The standard InChI is InChI=1S/C22H22N2O12P2/c25-18-9-10-23(21-20(27)19(26)17(35-21)13-34-38(32,33)36-37(29,30)31)22(28)24(18)12-14-5-4-8-16(11-14)15-6-2-1-3-7-15/h1-11,20-21,26-27H,12-13H2,(H,32,33)(H2,29,30,31)/t20?,21-/m1/s1. The third-order valence-electron chi connectivity index (χ3n) is 5.41. The summed E-state index contributed by atoms with van der Waals surface area (Å²) >= 11 is 0. The van der Waals surface area contributed by atoms with Gasteiger partial charge in [0.1, 0.15) is 6.61 Å². The summed E-state index contributed by atoms with van der Waals surface area (Å²) in [5, 5.41) is 20.6. The molecule has 0 radical (unpaired) electrons. The van der Waals surface area contributed by atoms with Crippen molar-refractivity contribution in [2.45, 2.75) is 18.9 Å². The monoisotopic (exact) mass is 568 g/mol. The van der Waals surface area contributed by atoms with Gasteiger partial charge in [0.25, 0.3) is 5.56 Å². The van der Waals surface area contributed by atoms with E-state index < -0.39 is 57.4 Å². The van der Waals surface area contributed by atoms with E-state index in [2.05, 4.69) is 8.83 Å². The summed E-state index contributed by atoms with van der Waals surface area (Å²) in [5.41, 5.74) is 0.906. The molecule has 0 saturated heterocycles. The molecule has 14 nitrogen and oxygen atoms in total. The summed E-state index contributed by atoms with van der Waals surface area (Å²) < 4.78 is 37.5. The predicted octanol–water partition coefficient (Wildman–Crippen LogP) is 1.61. The lowest BCUT2D eigenvalue weighted by molar-refractivity contribution is -0.0179. The molecule has 0 spiro atoms. The lowest BCUT2D eigenvalue weighted by Crippen LogP contribution is -2.42. The molecule has 0 fully saturated rings. The van der Waals surface area contributed by atoms with Crippen LogP contribution >= 0.6 is 15.6 Å². The molecule has 0 aliphatic carbocycles. The average Bonchev–Trinajstić information content (AvgIpc) is 3.13. The van der Waals surface area contributed by atoms with E-state index in [1.54, 1.807) is 12.1 Å². The van der Waals surface area contributed by atoms with Gasteiger partial charge in [0.05, 0.1) is 6.54 Å². The number of nitrogens with zero attached hydrogens (tertiary/aromatic N) is 2. The first kappa shape index (κ1) is 27.7. The maximum atomic E-state index is 13.2. The van der Waals surface area contributed by atoms with Crippen LogP contribution in [-0.2, 0) is 29.2 Å². The van der Waals surface area contributed by atoms with E-state index in [1.165, 1.54) is 0 Å². The van der Waals surface area contributed by atoms with E-state index in [0.29, 0.717) is 5.56 Å². The molecule has 4 rings (SSSR count). The molecule has 2 unspecified atom stereocenters. The van der Waals surface area contributed by atoms with Crippen molar-refractivity contribution in [1.82, 2.24) is 9.13 Å². The van der Waals surface area contributed by atoms with Crippen molar-refractivity contribution in [3.63, 3.8) is 0 Å². The molecule has 1 aliphatic rings. The van der Waals surface area contributed by atoms with Crippen LogP contribution in [0.1, 0.15) is 11.8 Å². The molecule has 3 atom stereocenters. The number of aromatic nitrogens is 2. The van der Waals surface area contributed by atoms with Gasteiger partial charge in [-0.2, -0.15) is 4.31 Å². The molecule has 1 aromatic heterocycles. The summed E-state index contributed by atoms with van der Waals surface area (Å²) in [6, 6.07) is 17.7. The van der Waals surface area contributed by atoms with Crippen molar-refractivity contribution in [2.24, 2.45) is 0 Å². The Bertz CT molecular complexity index is 1580. The second-order valence-corrected chi connectivity index (χ2v) is 10.9. The smallest absolute Gasteiger partial charge is 0.481 e. The molecule has 3 aromatic rings. The van der Waals surface area contributed by atoms with E-state index in [4.69, 9.17) is 14.5 Å². The molecule has 5 N–H and O–H groups in total. The van der Waals surface area contributed by atoms with Crippen molar-refractivity contribution in [3.8, 4) is 11.1 Å². The molecule has 0 bridgehead atoms.